The zero-order valence-electron chi connectivity index (χ0n) is 13.0. The minimum absolute atomic E-state index is 0.120. The quantitative estimate of drug-likeness (QED) is 0.446. The molecule has 126 valence electrons. The largest absolute Gasteiger partial charge is 0.493 e. The first-order valence-electron chi connectivity index (χ1n) is 7.01. The fraction of sp³-hybridized carbons (Fsp3) is 0.188. The molecule has 1 N–H and O–H groups in total. The fourth-order valence-corrected chi connectivity index (χ4v) is 2.48. The molecule has 8 heteroatoms. The van der Waals surface area contributed by atoms with Crippen LogP contribution >= 0.6 is 27.5 Å². The van der Waals surface area contributed by atoms with Crippen LogP contribution in [-0.4, -0.2) is 30.8 Å². The van der Waals surface area contributed by atoms with Crippen molar-refractivity contribution in [2.24, 2.45) is 5.10 Å². The van der Waals surface area contributed by atoms with Gasteiger partial charge in [-0.15, -0.1) is 0 Å². The van der Waals surface area contributed by atoms with E-state index in [1.165, 1.54) is 12.4 Å². The zero-order chi connectivity index (χ0) is 17.5. The van der Waals surface area contributed by atoms with Gasteiger partial charge in [0.05, 0.1) is 25.5 Å². The Balaban J connectivity index is 2.15. The van der Waals surface area contributed by atoms with E-state index in [4.69, 9.17) is 21.1 Å². The lowest BCUT2D eigenvalue weighted by molar-refractivity contribution is 0.0955. The standard InChI is InChI=1S/C16H15BrClN3O3/c1-3-24-14-7-10(12(17)8-13(14)23-2)9-20-21-16(22)11-5-4-6-19-15(11)18/h4-9H,3H2,1-2H3,(H,21,22). The number of pyridine rings is 1. The molecular formula is C16H15BrClN3O3. The van der Waals surface area contributed by atoms with Crippen LogP contribution < -0.4 is 14.9 Å². The maximum Gasteiger partial charge on any atom is 0.274 e. The van der Waals surface area contributed by atoms with Gasteiger partial charge in [-0.3, -0.25) is 4.79 Å². The number of halogens is 2. The first kappa shape index (κ1) is 18.2. The van der Waals surface area contributed by atoms with Crippen LogP contribution in [-0.2, 0) is 0 Å². The van der Waals surface area contributed by atoms with Gasteiger partial charge in [-0.2, -0.15) is 5.10 Å². The van der Waals surface area contributed by atoms with Crippen molar-refractivity contribution in [3.63, 3.8) is 0 Å². The van der Waals surface area contributed by atoms with Gasteiger partial charge in [0.15, 0.2) is 11.5 Å². The number of hydrogen-bond donors (Lipinski definition) is 1. The normalized spacial score (nSPS) is 10.7. The van der Waals surface area contributed by atoms with Crippen molar-refractivity contribution < 1.29 is 14.3 Å². The molecular weight excluding hydrogens is 398 g/mol. The van der Waals surface area contributed by atoms with Crippen molar-refractivity contribution in [3.8, 4) is 11.5 Å². The molecule has 0 aliphatic rings. The third-order valence-electron chi connectivity index (χ3n) is 2.96. The van der Waals surface area contributed by atoms with Crippen LogP contribution in [0.3, 0.4) is 0 Å². The average Bonchev–Trinajstić information content (AvgIpc) is 2.57. The zero-order valence-corrected chi connectivity index (χ0v) is 15.4. The van der Waals surface area contributed by atoms with E-state index in [1.54, 1.807) is 31.4 Å². The number of ether oxygens (including phenoxy) is 2. The first-order chi connectivity index (χ1) is 11.6. The molecule has 0 aliphatic carbocycles. The molecule has 6 nitrogen and oxygen atoms in total. The Kier molecular flexibility index (Phi) is 6.57. The number of rotatable bonds is 6. The summed E-state index contributed by atoms with van der Waals surface area (Å²) in [5, 5.41) is 4.06. The van der Waals surface area contributed by atoms with Crippen LogP contribution in [0.2, 0.25) is 5.15 Å². The number of hydrogen-bond acceptors (Lipinski definition) is 5. The molecule has 0 radical (unpaired) electrons. The van der Waals surface area contributed by atoms with Gasteiger partial charge in [-0.1, -0.05) is 11.6 Å². The van der Waals surface area contributed by atoms with Gasteiger partial charge in [0.1, 0.15) is 5.15 Å². The second-order valence-electron chi connectivity index (χ2n) is 4.50. The molecule has 0 saturated heterocycles. The van der Waals surface area contributed by atoms with Crippen LogP contribution in [0.1, 0.15) is 22.8 Å². The number of nitrogens with one attached hydrogen (secondary N) is 1. The predicted molar refractivity (Wildman–Crippen MR) is 96.2 cm³/mol. The Morgan fingerprint density at radius 3 is 2.92 bits per heavy atom. The van der Waals surface area contributed by atoms with E-state index in [-0.39, 0.29) is 10.7 Å². The Hall–Kier alpha value is -2.12. The van der Waals surface area contributed by atoms with Crippen molar-refractivity contribution in [2.75, 3.05) is 13.7 Å². The van der Waals surface area contributed by atoms with Crippen molar-refractivity contribution in [1.82, 2.24) is 10.4 Å². The molecule has 0 spiro atoms. The summed E-state index contributed by atoms with van der Waals surface area (Å²) in [5.74, 6) is 0.748. The Morgan fingerprint density at radius 2 is 2.25 bits per heavy atom. The number of nitrogens with zero attached hydrogens (tertiary/aromatic N) is 2. The highest BCUT2D eigenvalue weighted by Gasteiger charge is 2.11. The molecule has 0 bridgehead atoms. The van der Waals surface area contributed by atoms with Gasteiger partial charge in [0.25, 0.3) is 5.91 Å². The molecule has 2 rings (SSSR count). The summed E-state index contributed by atoms with van der Waals surface area (Å²) < 4.78 is 11.5. The maximum atomic E-state index is 12.0. The fourth-order valence-electron chi connectivity index (χ4n) is 1.85. The van der Waals surface area contributed by atoms with Crippen LogP contribution in [0.15, 0.2) is 40.0 Å². The van der Waals surface area contributed by atoms with E-state index in [9.17, 15) is 4.79 Å². The number of methoxy groups -OCH3 is 1. The summed E-state index contributed by atoms with van der Waals surface area (Å²) in [7, 11) is 1.57. The van der Waals surface area contributed by atoms with Gasteiger partial charge in [-0.25, -0.2) is 10.4 Å². The molecule has 0 fully saturated rings. The monoisotopic (exact) mass is 411 g/mol. The van der Waals surface area contributed by atoms with Crippen molar-refractivity contribution in [2.45, 2.75) is 6.92 Å². The van der Waals surface area contributed by atoms with E-state index in [0.717, 1.165) is 10.0 Å². The summed E-state index contributed by atoms with van der Waals surface area (Å²) in [6.07, 6.45) is 3.00. The lowest BCUT2D eigenvalue weighted by Gasteiger charge is -2.11. The van der Waals surface area contributed by atoms with Gasteiger partial charge in [-0.05, 0) is 47.1 Å². The number of carbonyl (C=O) groups is 1. The van der Waals surface area contributed by atoms with Gasteiger partial charge in [0.2, 0.25) is 0 Å². The summed E-state index contributed by atoms with van der Waals surface area (Å²) in [5.41, 5.74) is 3.38. The molecule has 1 aromatic heterocycles. The van der Waals surface area contributed by atoms with E-state index < -0.39 is 5.91 Å². The van der Waals surface area contributed by atoms with Crippen molar-refractivity contribution >= 4 is 39.7 Å². The van der Waals surface area contributed by atoms with Crippen LogP contribution in [0.5, 0.6) is 11.5 Å². The minimum Gasteiger partial charge on any atom is -0.493 e. The molecule has 1 heterocycles. The molecule has 0 atom stereocenters. The van der Waals surface area contributed by atoms with Crippen LogP contribution in [0.4, 0.5) is 0 Å². The van der Waals surface area contributed by atoms with Crippen molar-refractivity contribution in [1.29, 1.82) is 0 Å². The maximum absolute atomic E-state index is 12.0. The van der Waals surface area contributed by atoms with Crippen molar-refractivity contribution in [3.05, 3.63) is 51.2 Å². The van der Waals surface area contributed by atoms with E-state index in [0.29, 0.717) is 18.1 Å². The topological polar surface area (TPSA) is 72.8 Å². The molecule has 0 aliphatic heterocycles. The summed E-state index contributed by atoms with van der Waals surface area (Å²) in [6, 6.07) is 6.72. The molecule has 0 saturated carbocycles. The van der Waals surface area contributed by atoms with E-state index in [1.807, 2.05) is 6.92 Å². The Morgan fingerprint density at radius 1 is 1.46 bits per heavy atom. The van der Waals surface area contributed by atoms with Gasteiger partial charge < -0.3 is 9.47 Å². The van der Waals surface area contributed by atoms with E-state index in [2.05, 4.69) is 31.4 Å². The second kappa shape index (κ2) is 8.65. The predicted octanol–water partition coefficient (Wildman–Crippen LogP) is 3.67. The smallest absolute Gasteiger partial charge is 0.274 e. The lowest BCUT2D eigenvalue weighted by Crippen LogP contribution is -2.18. The lowest BCUT2D eigenvalue weighted by atomic mass is 10.2. The number of carbonyl (C=O) groups excluding carboxylic acids is 1. The van der Waals surface area contributed by atoms with Gasteiger partial charge in [0, 0.05) is 16.2 Å². The average molecular weight is 413 g/mol. The molecule has 24 heavy (non-hydrogen) atoms. The highest BCUT2D eigenvalue weighted by Crippen LogP contribution is 2.32. The van der Waals surface area contributed by atoms with E-state index >= 15 is 0 Å². The third-order valence-corrected chi connectivity index (χ3v) is 3.94. The molecule has 1 aromatic carbocycles. The molecule has 2 aromatic rings. The molecule has 0 unspecified atom stereocenters. The second-order valence-corrected chi connectivity index (χ2v) is 5.71. The highest BCUT2D eigenvalue weighted by molar-refractivity contribution is 9.10. The number of amides is 1. The Bertz CT molecular complexity index is 768. The number of aromatic nitrogens is 1. The summed E-state index contributed by atoms with van der Waals surface area (Å²) in [6.45, 7) is 2.39. The molecule has 1 amide bonds. The van der Waals surface area contributed by atoms with Crippen LogP contribution in [0.25, 0.3) is 0 Å². The summed E-state index contributed by atoms with van der Waals surface area (Å²) >= 11 is 9.29. The summed E-state index contributed by atoms with van der Waals surface area (Å²) in [4.78, 5) is 15.9. The SMILES string of the molecule is CCOc1cc(C=NNC(=O)c2cccnc2Cl)c(Br)cc1OC. The third kappa shape index (κ3) is 4.46. The number of hydrazone groups is 1. The van der Waals surface area contributed by atoms with Crippen LogP contribution in [0, 0.1) is 0 Å². The number of benzene rings is 1. The van der Waals surface area contributed by atoms with Gasteiger partial charge >= 0.3 is 0 Å². The Labute approximate surface area is 153 Å². The first-order valence-corrected chi connectivity index (χ1v) is 8.18. The minimum atomic E-state index is -0.445. The highest BCUT2D eigenvalue weighted by atomic mass is 79.9.